The molecule has 3 heterocycles. The molecule has 0 atom stereocenters. The van der Waals surface area contributed by atoms with E-state index in [4.69, 9.17) is 10.7 Å². The Morgan fingerprint density at radius 2 is 1.95 bits per heavy atom. The van der Waals surface area contributed by atoms with Crippen LogP contribution in [0, 0.1) is 0 Å². The molecular formula is C16H15N5. The summed E-state index contributed by atoms with van der Waals surface area (Å²) in [5.74, 6) is 2.00. The van der Waals surface area contributed by atoms with Crippen LogP contribution in [0.5, 0.6) is 0 Å². The zero-order valence-corrected chi connectivity index (χ0v) is 11.5. The fourth-order valence-corrected chi connectivity index (χ4v) is 2.74. The van der Waals surface area contributed by atoms with E-state index in [0.29, 0.717) is 6.54 Å². The molecule has 0 spiro atoms. The Kier molecular flexibility index (Phi) is 2.72. The van der Waals surface area contributed by atoms with E-state index >= 15 is 0 Å². The summed E-state index contributed by atoms with van der Waals surface area (Å²) in [7, 11) is 0. The van der Waals surface area contributed by atoms with Crippen LogP contribution in [0.3, 0.4) is 0 Å². The van der Waals surface area contributed by atoms with Crippen LogP contribution in [0.1, 0.15) is 5.82 Å². The average molecular weight is 277 g/mol. The first-order valence-corrected chi connectivity index (χ1v) is 6.97. The summed E-state index contributed by atoms with van der Waals surface area (Å²) in [6.07, 6.45) is 4.51. The molecule has 5 heteroatoms. The molecule has 0 amide bonds. The van der Waals surface area contributed by atoms with E-state index < -0.39 is 0 Å². The predicted octanol–water partition coefficient (Wildman–Crippen LogP) is 2.17. The molecule has 0 aliphatic rings. The van der Waals surface area contributed by atoms with E-state index in [-0.39, 0.29) is 0 Å². The van der Waals surface area contributed by atoms with Crippen LogP contribution >= 0.6 is 0 Å². The molecule has 0 radical (unpaired) electrons. The molecule has 21 heavy (non-hydrogen) atoms. The van der Waals surface area contributed by atoms with E-state index in [9.17, 15) is 0 Å². The van der Waals surface area contributed by atoms with Crippen LogP contribution < -0.4 is 5.73 Å². The molecule has 0 fully saturated rings. The van der Waals surface area contributed by atoms with Crippen molar-refractivity contribution in [3.63, 3.8) is 0 Å². The molecule has 1 aromatic carbocycles. The van der Waals surface area contributed by atoms with Crippen molar-refractivity contribution in [1.29, 1.82) is 0 Å². The molecule has 0 aliphatic carbocycles. The largest absolute Gasteiger partial charge is 0.330 e. The highest BCUT2D eigenvalue weighted by atomic mass is 15.2. The van der Waals surface area contributed by atoms with Crippen LogP contribution in [0.2, 0.25) is 0 Å². The maximum atomic E-state index is 5.75. The van der Waals surface area contributed by atoms with E-state index in [1.807, 2.05) is 36.5 Å². The van der Waals surface area contributed by atoms with Gasteiger partial charge < -0.3 is 5.73 Å². The van der Waals surface area contributed by atoms with Gasteiger partial charge in [0.05, 0.1) is 11.0 Å². The van der Waals surface area contributed by atoms with Gasteiger partial charge in [0.15, 0.2) is 0 Å². The Balaban J connectivity index is 2.09. The van der Waals surface area contributed by atoms with Crippen LogP contribution in [-0.2, 0) is 6.42 Å². The monoisotopic (exact) mass is 277 g/mol. The van der Waals surface area contributed by atoms with Crippen molar-refractivity contribution in [2.75, 3.05) is 6.54 Å². The number of rotatable bonds is 3. The van der Waals surface area contributed by atoms with Gasteiger partial charge in [-0.15, -0.1) is 0 Å². The number of imidazole rings is 2. The van der Waals surface area contributed by atoms with Crippen LogP contribution in [0.4, 0.5) is 0 Å². The first-order valence-electron chi connectivity index (χ1n) is 6.97. The third-order valence-electron chi connectivity index (χ3n) is 3.63. The number of hydrogen-bond acceptors (Lipinski definition) is 3. The lowest BCUT2D eigenvalue weighted by atomic mass is 10.3. The Morgan fingerprint density at radius 1 is 1.05 bits per heavy atom. The molecular weight excluding hydrogens is 262 g/mol. The number of nitrogens with zero attached hydrogens (tertiary/aromatic N) is 4. The minimum absolute atomic E-state index is 0.573. The standard InChI is InChI=1S/C16H15N5/c17-9-8-15-19-12-4-1-2-5-13(12)21(15)16-7-3-6-14-18-10-11-20(14)16/h1-7,10-11H,8-9,17H2. The molecule has 104 valence electrons. The highest BCUT2D eigenvalue weighted by molar-refractivity contribution is 5.78. The number of para-hydroxylation sites is 2. The smallest absolute Gasteiger partial charge is 0.138 e. The fraction of sp³-hybridized carbons (Fsp3) is 0.125. The highest BCUT2D eigenvalue weighted by Crippen LogP contribution is 2.22. The van der Waals surface area contributed by atoms with Crippen LogP contribution in [0.25, 0.3) is 22.5 Å². The van der Waals surface area contributed by atoms with Crippen molar-refractivity contribution >= 4 is 16.7 Å². The minimum Gasteiger partial charge on any atom is -0.330 e. The van der Waals surface area contributed by atoms with E-state index in [0.717, 1.165) is 34.7 Å². The summed E-state index contributed by atoms with van der Waals surface area (Å²) >= 11 is 0. The number of aromatic nitrogens is 4. The van der Waals surface area contributed by atoms with Gasteiger partial charge >= 0.3 is 0 Å². The number of nitrogens with two attached hydrogens (primary N) is 1. The van der Waals surface area contributed by atoms with Crippen molar-refractivity contribution in [2.45, 2.75) is 6.42 Å². The lowest BCUT2D eigenvalue weighted by Gasteiger charge is -2.11. The maximum absolute atomic E-state index is 5.75. The maximum Gasteiger partial charge on any atom is 0.138 e. The van der Waals surface area contributed by atoms with Gasteiger partial charge in [-0.25, -0.2) is 9.97 Å². The molecule has 2 N–H and O–H groups in total. The van der Waals surface area contributed by atoms with Crippen molar-refractivity contribution in [2.24, 2.45) is 5.73 Å². The molecule has 0 saturated heterocycles. The average Bonchev–Trinajstić information content (AvgIpc) is 3.11. The minimum atomic E-state index is 0.573. The fourth-order valence-electron chi connectivity index (χ4n) is 2.74. The van der Waals surface area contributed by atoms with Gasteiger partial charge in [-0.05, 0) is 30.8 Å². The zero-order chi connectivity index (χ0) is 14.2. The van der Waals surface area contributed by atoms with Gasteiger partial charge in [0.2, 0.25) is 0 Å². The SMILES string of the molecule is NCCc1nc2ccccc2n1-c1cccc2nccn12. The second kappa shape index (κ2) is 4.71. The third-order valence-corrected chi connectivity index (χ3v) is 3.63. The summed E-state index contributed by atoms with van der Waals surface area (Å²) < 4.78 is 4.23. The second-order valence-corrected chi connectivity index (χ2v) is 4.93. The Hall–Kier alpha value is -2.66. The lowest BCUT2D eigenvalue weighted by Crippen LogP contribution is -2.11. The Labute approximate surface area is 121 Å². The first kappa shape index (κ1) is 12.1. The van der Waals surface area contributed by atoms with Crippen molar-refractivity contribution < 1.29 is 0 Å². The Bertz CT molecular complexity index is 919. The summed E-state index contributed by atoms with van der Waals surface area (Å²) in [5, 5.41) is 0. The van der Waals surface area contributed by atoms with Crippen LogP contribution in [0.15, 0.2) is 54.9 Å². The molecule has 0 bridgehead atoms. The number of pyridine rings is 1. The molecule has 4 rings (SSSR count). The summed E-state index contributed by atoms with van der Waals surface area (Å²) in [6.45, 7) is 0.573. The summed E-state index contributed by atoms with van der Waals surface area (Å²) in [4.78, 5) is 9.07. The normalized spacial score (nSPS) is 11.5. The molecule has 0 aliphatic heterocycles. The van der Waals surface area contributed by atoms with E-state index in [1.165, 1.54) is 0 Å². The van der Waals surface area contributed by atoms with Crippen molar-refractivity contribution in [3.05, 3.63) is 60.7 Å². The van der Waals surface area contributed by atoms with Gasteiger partial charge in [-0.1, -0.05) is 18.2 Å². The lowest BCUT2D eigenvalue weighted by molar-refractivity contribution is 0.827. The predicted molar refractivity (Wildman–Crippen MR) is 82.6 cm³/mol. The summed E-state index contributed by atoms with van der Waals surface area (Å²) in [5.41, 5.74) is 8.74. The third kappa shape index (κ3) is 1.82. The first-order chi connectivity index (χ1) is 10.4. The zero-order valence-electron chi connectivity index (χ0n) is 11.5. The molecule has 0 saturated carbocycles. The number of fused-ring (bicyclic) bond motifs is 2. The van der Waals surface area contributed by atoms with Crippen molar-refractivity contribution in [3.8, 4) is 5.82 Å². The van der Waals surface area contributed by atoms with Crippen LogP contribution in [-0.4, -0.2) is 25.5 Å². The second-order valence-electron chi connectivity index (χ2n) is 4.93. The van der Waals surface area contributed by atoms with E-state index in [1.54, 1.807) is 6.20 Å². The topological polar surface area (TPSA) is 61.1 Å². The molecule has 3 aromatic heterocycles. The van der Waals surface area contributed by atoms with Gasteiger partial charge in [0, 0.05) is 18.8 Å². The quantitative estimate of drug-likeness (QED) is 0.624. The van der Waals surface area contributed by atoms with Gasteiger partial charge in [-0.2, -0.15) is 0 Å². The van der Waals surface area contributed by atoms with Crippen molar-refractivity contribution in [1.82, 2.24) is 18.9 Å². The number of benzene rings is 1. The highest BCUT2D eigenvalue weighted by Gasteiger charge is 2.13. The van der Waals surface area contributed by atoms with Gasteiger partial charge in [-0.3, -0.25) is 8.97 Å². The van der Waals surface area contributed by atoms with Gasteiger partial charge in [0.25, 0.3) is 0 Å². The molecule has 4 aromatic rings. The summed E-state index contributed by atoms with van der Waals surface area (Å²) in [6, 6.07) is 14.2. The Morgan fingerprint density at radius 3 is 2.86 bits per heavy atom. The number of hydrogen-bond donors (Lipinski definition) is 1. The molecule has 5 nitrogen and oxygen atoms in total. The van der Waals surface area contributed by atoms with Gasteiger partial charge in [0.1, 0.15) is 17.3 Å². The van der Waals surface area contributed by atoms with E-state index in [2.05, 4.69) is 26.1 Å². The molecule has 0 unspecified atom stereocenters.